The monoisotopic (exact) mass is 256 g/mol. The van der Waals surface area contributed by atoms with Crippen LogP contribution >= 0.6 is 15.9 Å². The van der Waals surface area contributed by atoms with Crippen LogP contribution in [0.4, 0.5) is 0 Å². The van der Waals surface area contributed by atoms with Crippen LogP contribution in [0.5, 0.6) is 5.75 Å². The molecular formula is C11H13BrO2. The molecule has 3 heteroatoms. The first kappa shape index (κ1) is 9.99. The Morgan fingerprint density at radius 2 is 2.21 bits per heavy atom. The van der Waals surface area contributed by atoms with Crippen molar-refractivity contribution in [3.63, 3.8) is 0 Å². The molecule has 2 nitrogen and oxygen atoms in total. The third-order valence-electron chi connectivity index (χ3n) is 2.51. The fourth-order valence-corrected chi connectivity index (χ4v) is 1.68. The molecule has 1 aliphatic rings. The van der Waals surface area contributed by atoms with E-state index in [0.717, 1.165) is 28.6 Å². The molecule has 0 aliphatic heterocycles. The van der Waals surface area contributed by atoms with Gasteiger partial charge in [-0.3, -0.25) is 0 Å². The molecule has 2 rings (SSSR count). The summed E-state index contributed by atoms with van der Waals surface area (Å²) in [6.45, 7) is 2.13. The first-order valence-corrected chi connectivity index (χ1v) is 5.51. The van der Waals surface area contributed by atoms with Gasteiger partial charge >= 0.3 is 0 Å². The second-order valence-electron chi connectivity index (χ2n) is 3.88. The maximum atomic E-state index is 9.14. The highest BCUT2D eigenvalue weighted by Gasteiger charge is 2.45. The number of hydrogen-bond donors (Lipinski definition) is 1. The predicted octanol–water partition coefficient (Wildman–Crippen LogP) is 2.66. The number of ether oxygens (including phenoxy) is 1. The van der Waals surface area contributed by atoms with Gasteiger partial charge in [0.05, 0.1) is 11.1 Å². The smallest absolute Gasteiger partial charge is 0.134 e. The Hall–Kier alpha value is -0.540. The zero-order valence-corrected chi connectivity index (χ0v) is 9.67. The molecule has 0 spiro atoms. The second kappa shape index (κ2) is 3.55. The van der Waals surface area contributed by atoms with Crippen molar-refractivity contribution in [1.82, 2.24) is 0 Å². The SMILES string of the molecule is Cc1ccc(Br)c(OC2(CO)CC2)c1. The summed E-state index contributed by atoms with van der Waals surface area (Å²) in [7, 11) is 0. The molecule has 1 aromatic rings. The lowest BCUT2D eigenvalue weighted by atomic mass is 10.2. The van der Waals surface area contributed by atoms with Gasteiger partial charge in [-0.25, -0.2) is 0 Å². The number of hydrogen-bond acceptors (Lipinski definition) is 2. The number of rotatable bonds is 3. The normalized spacial score (nSPS) is 17.9. The Bertz CT molecular complexity index is 345. The van der Waals surface area contributed by atoms with Gasteiger partial charge in [-0.15, -0.1) is 0 Å². The highest BCUT2D eigenvalue weighted by molar-refractivity contribution is 9.10. The van der Waals surface area contributed by atoms with Crippen LogP contribution in [-0.2, 0) is 0 Å². The summed E-state index contributed by atoms with van der Waals surface area (Å²) in [5, 5.41) is 9.14. The molecule has 0 atom stereocenters. The summed E-state index contributed by atoms with van der Waals surface area (Å²) >= 11 is 3.43. The second-order valence-corrected chi connectivity index (χ2v) is 4.73. The van der Waals surface area contributed by atoms with E-state index in [1.54, 1.807) is 0 Å². The Morgan fingerprint density at radius 1 is 1.50 bits per heavy atom. The molecule has 1 aliphatic carbocycles. The van der Waals surface area contributed by atoms with Crippen molar-refractivity contribution in [2.75, 3.05) is 6.61 Å². The van der Waals surface area contributed by atoms with Crippen molar-refractivity contribution in [3.8, 4) is 5.75 Å². The van der Waals surface area contributed by atoms with E-state index in [0.29, 0.717) is 0 Å². The lowest BCUT2D eigenvalue weighted by Gasteiger charge is -2.16. The fraction of sp³-hybridized carbons (Fsp3) is 0.455. The predicted molar refractivity (Wildman–Crippen MR) is 58.6 cm³/mol. The van der Waals surface area contributed by atoms with Gasteiger partial charge in [0.1, 0.15) is 11.4 Å². The van der Waals surface area contributed by atoms with Crippen LogP contribution in [0.1, 0.15) is 18.4 Å². The summed E-state index contributed by atoms with van der Waals surface area (Å²) in [5.74, 6) is 0.830. The molecular weight excluding hydrogens is 244 g/mol. The zero-order chi connectivity index (χ0) is 10.2. The van der Waals surface area contributed by atoms with Crippen LogP contribution in [-0.4, -0.2) is 17.3 Å². The molecule has 1 fully saturated rings. The third-order valence-corrected chi connectivity index (χ3v) is 3.16. The maximum Gasteiger partial charge on any atom is 0.134 e. The molecule has 1 saturated carbocycles. The minimum absolute atomic E-state index is 0.105. The van der Waals surface area contributed by atoms with Gasteiger partial charge in [-0.1, -0.05) is 6.07 Å². The van der Waals surface area contributed by atoms with E-state index in [4.69, 9.17) is 9.84 Å². The maximum absolute atomic E-state index is 9.14. The van der Waals surface area contributed by atoms with Crippen molar-refractivity contribution in [1.29, 1.82) is 0 Å². The van der Waals surface area contributed by atoms with Crippen molar-refractivity contribution in [3.05, 3.63) is 28.2 Å². The molecule has 0 amide bonds. The van der Waals surface area contributed by atoms with Crippen LogP contribution < -0.4 is 4.74 Å². The highest BCUT2D eigenvalue weighted by atomic mass is 79.9. The van der Waals surface area contributed by atoms with Gasteiger partial charge in [0.2, 0.25) is 0 Å². The Morgan fingerprint density at radius 3 is 2.79 bits per heavy atom. The molecule has 0 saturated heterocycles. The summed E-state index contributed by atoms with van der Waals surface area (Å²) in [5.41, 5.74) is 0.869. The van der Waals surface area contributed by atoms with E-state index in [1.165, 1.54) is 0 Å². The Labute approximate surface area is 92.0 Å². The number of benzene rings is 1. The average Bonchev–Trinajstić information content (AvgIpc) is 2.92. The molecule has 1 N–H and O–H groups in total. The molecule has 0 heterocycles. The molecule has 0 aromatic heterocycles. The lowest BCUT2D eigenvalue weighted by Crippen LogP contribution is -2.22. The molecule has 14 heavy (non-hydrogen) atoms. The quantitative estimate of drug-likeness (QED) is 0.902. The van der Waals surface area contributed by atoms with Crippen LogP contribution in [0.25, 0.3) is 0 Å². The number of aryl methyl sites for hydroxylation is 1. The van der Waals surface area contributed by atoms with Crippen molar-refractivity contribution in [2.24, 2.45) is 0 Å². The number of aliphatic hydroxyl groups is 1. The third kappa shape index (κ3) is 1.93. The van der Waals surface area contributed by atoms with Gasteiger partial charge in [-0.2, -0.15) is 0 Å². The summed E-state index contributed by atoms with van der Waals surface area (Å²) in [4.78, 5) is 0. The van der Waals surface area contributed by atoms with E-state index >= 15 is 0 Å². The van der Waals surface area contributed by atoms with Crippen molar-refractivity contribution < 1.29 is 9.84 Å². The zero-order valence-electron chi connectivity index (χ0n) is 8.09. The van der Waals surface area contributed by atoms with Gasteiger partial charge in [-0.05, 0) is 53.4 Å². The van der Waals surface area contributed by atoms with E-state index in [2.05, 4.69) is 15.9 Å². The van der Waals surface area contributed by atoms with Gasteiger partial charge in [0, 0.05) is 0 Å². The van der Waals surface area contributed by atoms with E-state index in [-0.39, 0.29) is 12.2 Å². The van der Waals surface area contributed by atoms with Gasteiger partial charge in [0.25, 0.3) is 0 Å². The number of halogens is 1. The topological polar surface area (TPSA) is 29.5 Å². The number of aliphatic hydroxyl groups excluding tert-OH is 1. The van der Waals surface area contributed by atoms with Crippen LogP contribution in [0.3, 0.4) is 0 Å². The first-order chi connectivity index (χ1) is 6.65. The minimum atomic E-state index is -0.295. The largest absolute Gasteiger partial charge is 0.484 e. The van der Waals surface area contributed by atoms with Crippen molar-refractivity contribution in [2.45, 2.75) is 25.4 Å². The molecule has 0 radical (unpaired) electrons. The van der Waals surface area contributed by atoms with Gasteiger partial charge in [0.15, 0.2) is 0 Å². The van der Waals surface area contributed by atoms with Crippen LogP contribution in [0.15, 0.2) is 22.7 Å². The molecule has 1 aromatic carbocycles. The van der Waals surface area contributed by atoms with Crippen LogP contribution in [0.2, 0.25) is 0 Å². The van der Waals surface area contributed by atoms with Gasteiger partial charge < -0.3 is 9.84 Å². The average molecular weight is 257 g/mol. The summed E-state index contributed by atoms with van der Waals surface area (Å²) in [6, 6.07) is 5.98. The lowest BCUT2D eigenvalue weighted by molar-refractivity contribution is 0.0946. The molecule has 0 unspecified atom stereocenters. The van der Waals surface area contributed by atoms with Crippen LogP contribution in [0, 0.1) is 6.92 Å². The van der Waals surface area contributed by atoms with E-state index < -0.39 is 0 Å². The Balaban J connectivity index is 2.20. The standard InChI is InChI=1S/C11H13BrO2/c1-8-2-3-9(12)10(6-8)14-11(7-13)4-5-11/h2-3,6,13H,4-5,7H2,1H3. The minimum Gasteiger partial charge on any atom is -0.484 e. The molecule has 76 valence electrons. The Kier molecular flexibility index (Phi) is 2.54. The highest BCUT2D eigenvalue weighted by Crippen LogP contribution is 2.41. The summed E-state index contributed by atoms with van der Waals surface area (Å²) < 4.78 is 6.72. The van der Waals surface area contributed by atoms with E-state index in [9.17, 15) is 0 Å². The molecule has 0 bridgehead atoms. The van der Waals surface area contributed by atoms with Crippen molar-refractivity contribution >= 4 is 15.9 Å². The summed E-state index contributed by atoms with van der Waals surface area (Å²) in [6.07, 6.45) is 1.90. The first-order valence-electron chi connectivity index (χ1n) is 4.71. The van der Waals surface area contributed by atoms with E-state index in [1.807, 2.05) is 25.1 Å². The fourth-order valence-electron chi connectivity index (χ4n) is 1.35.